The van der Waals surface area contributed by atoms with E-state index in [1.807, 2.05) is 0 Å². The third-order valence-electron chi connectivity index (χ3n) is 4.20. The number of benzene rings is 2. The number of aryl methyl sites for hydroxylation is 1. The maximum Gasteiger partial charge on any atom is -0.0146 e. The SMILES string of the molecule is Cc1ccc2ccccc2c1C1CCCCC1.P. The van der Waals surface area contributed by atoms with Gasteiger partial charge in [-0.05, 0) is 47.6 Å². The lowest BCUT2D eigenvalue weighted by molar-refractivity contribution is 0.444. The summed E-state index contributed by atoms with van der Waals surface area (Å²) in [7, 11) is 0. The molecule has 1 aliphatic rings. The molecule has 96 valence electrons. The predicted molar refractivity (Wildman–Crippen MR) is 85.6 cm³/mol. The van der Waals surface area contributed by atoms with Crippen LogP contribution in [0.4, 0.5) is 0 Å². The first-order valence-corrected chi connectivity index (χ1v) is 6.84. The smallest absolute Gasteiger partial charge is 0.0146 e. The lowest BCUT2D eigenvalue weighted by atomic mass is 9.80. The van der Waals surface area contributed by atoms with Crippen molar-refractivity contribution in [2.24, 2.45) is 0 Å². The fourth-order valence-corrected chi connectivity index (χ4v) is 3.34. The topological polar surface area (TPSA) is 0 Å². The Morgan fingerprint density at radius 3 is 2.39 bits per heavy atom. The van der Waals surface area contributed by atoms with Crippen LogP contribution in [0, 0.1) is 6.92 Å². The molecule has 0 amide bonds. The molecule has 1 saturated carbocycles. The van der Waals surface area contributed by atoms with E-state index in [9.17, 15) is 0 Å². The van der Waals surface area contributed by atoms with E-state index < -0.39 is 0 Å². The Hall–Kier alpha value is -0.870. The molecule has 1 aliphatic carbocycles. The molecule has 0 N–H and O–H groups in total. The minimum atomic E-state index is 0. The molecule has 0 saturated heterocycles. The van der Waals surface area contributed by atoms with Gasteiger partial charge in [0.1, 0.15) is 0 Å². The lowest BCUT2D eigenvalue weighted by Crippen LogP contribution is -2.06. The normalized spacial score (nSPS) is 16.5. The fraction of sp³-hybridized carbons (Fsp3) is 0.412. The molecule has 0 aliphatic heterocycles. The molecule has 3 rings (SSSR count). The van der Waals surface area contributed by atoms with Gasteiger partial charge in [-0.25, -0.2) is 0 Å². The second-order valence-corrected chi connectivity index (χ2v) is 5.35. The number of fused-ring (bicyclic) bond motifs is 1. The van der Waals surface area contributed by atoms with Gasteiger partial charge in [0.2, 0.25) is 0 Å². The summed E-state index contributed by atoms with van der Waals surface area (Å²) in [6, 6.07) is 13.4. The standard InChI is InChI=1S/C17H20.H3P/c1-13-11-12-14-7-5-6-10-16(14)17(13)15-8-3-2-4-9-15;/h5-7,10-12,15H,2-4,8-9H2,1H3;1H3. The molecular formula is C17H23P. The van der Waals surface area contributed by atoms with E-state index in [1.54, 1.807) is 5.56 Å². The molecule has 1 fully saturated rings. The van der Waals surface area contributed by atoms with Crippen molar-refractivity contribution in [1.29, 1.82) is 0 Å². The quantitative estimate of drug-likeness (QED) is 0.612. The van der Waals surface area contributed by atoms with E-state index in [0.717, 1.165) is 5.92 Å². The minimum Gasteiger partial charge on any atom is -0.153 e. The fourth-order valence-electron chi connectivity index (χ4n) is 3.34. The monoisotopic (exact) mass is 258 g/mol. The molecular weight excluding hydrogens is 235 g/mol. The maximum absolute atomic E-state index is 2.30. The van der Waals surface area contributed by atoms with E-state index in [0.29, 0.717) is 0 Å². The first-order valence-electron chi connectivity index (χ1n) is 6.84. The molecule has 18 heavy (non-hydrogen) atoms. The first kappa shape index (κ1) is 13.6. The van der Waals surface area contributed by atoms with Crippen LogP contribution in [0.3, 0.4) is 0 Å². The summed E-state index contributed by atoms with van der Waals surface area (Å²) >= 11 is 0. The van der Waals surface area contributed by atoms with Gasteiger partial charge in [-0.3, -0.25) is 0 Å². The second-order valence-electron chi connectivity index (χ2n) is 5.35. The van der Waals surface area contributed by atoms with E-state index >= 15 is 0 Å². The van der Waals surface area contributed by atoms with Gasteiger partial charge in [0.25, 0.3) is 0 Å². The van der Waals surface area contributed by atoms with Gasteiger partial charge in [0.15, 0.2) is 0 Å². The van der Waals surface area contributed by atoms with Gasteiger partial charge in [-0.1, -0.05) is 55.7 Å². The Morgan fingerprint density at radius 2 is 1.61 bits per heavy atom. The van der Waals surface area contributed by atoms with Gasteiger partial charge >= 0.3 is 0 Å². The van der Waals surface area contributed by atoms with Crippen molar-refractivity contribution < 1.29 is 0 Å². The van der Waals surface area contributed by atoms with Crippen LogP contribution < -0.4 is 0 Å². The van der Waals surface area contributed by atoms with Gasteiger partial charge < -0.3 is 0 Å². The Bertz CT molecular complexity index is 524. The van der Waals surface area contributed by atoms with Crippen LogP contribution in [-0.2, 0) is 0 Å². The molecule has 0 spiro atoms. The lowest BCUT2D eigenvalue weighted by Gasteiger charge is -2.25. The molecule has 0 bridgehead atoms. The average molecular weight is 258 g/mol. The second kappa shape index (κ2) is 5.85. The highest BCUT2D eigenvalue weighted by atomic mass is 31.0. The number of hydrogen-bond donors (Lipinski definition) is 0. The summed E-state index contributed by atoms with van der Waals surface area (Å²) in [6.45, 7) is 2.27. The van der Waals surface area contributed by atoms with E-state index in [4.69, 9.17) is 0 Å². The maximum atomic E-state index is 2.30. The van der Waals surface area contributed by atoms with Crippen LogP contribution in [0.2, 0.25) is 0 Å². The van der Waals surface area contributed by atoms with Crippen LogP contribution in [0.5, 0.6) is 0 Å². The van der Waals surface area contributed by atoms with E-state index in [-0.39, 0.29) is 9.90 Å². The number of hydrogen-bond acceptors (Lipinski definition) is 0. The van der Waals surface area contributed by atoms with Crippen molar-refractivity contribution in [3.8, 4) is 0 Å². The molecule has 0 radical (unpaired) electrons. The Morgan fingerprint density at radius 1 is 0.889 bits per heavy atom. The molecule has 2 aromatic carbocycles. The highest BCUT2D eigenvalue weighted by Crippen LogP contribution is 2.38. The molecule has 0 aromatic heterocycles. The summed E-state index contributed by atoms with van der Waals surface area (Å²) in [6.07, 6.45) is 7.02. The summed E-state index contributed by atoms with van der Waals surface area (Å²) in [5.74, 6) is 0.801. The molecule has 0 heterocycles. The van der Waals surface area contributed by atoms with Crippen LogP contribution in [0.15, 0.2) is 36.4 Å². The summed E-state index contributed by atoms with van der Waals surface area (Å²) in [5, 5.41) is 2.89. The Labute approximate surface area is 113 Å². The number of rotatable bonds is 1. The minimum absolute atomic E-state index is 0. The zero-order valence-corrected chi connectivity index (χ0v) is 12.7. The molecule has 1 atom stereocenters. The summed E-state index contributed by atoms with van der Waals surface area (Å²) in [4.78, 5) is 0. The van der Waals surface area contributed by atoms with Crippen molar-refractivity contribution in [3.63, 3.8) is 0 Å². The van der Waals surface area contributed by atoms with Gasteiger partial charge in [-0.2, -0.15) is 9.90 Å². The van der Waals surface area contributed by atoms with Crippen LogP contribution in [0.25, 0.3) is 10.8 Å². The molecule has 1 heteroatoms. The van der Waals surface area contributed by atoms with Gasteiger partial charge in [-0.15, -0.1) is 0 Å². The van der Waals surface area contributed by atoms with Gasteiger partial charge in [0.05, 0.1) is 0 Å². The molecule has 1 unspecified atom stereocenters. The molecule has 2 aromatic rings. The zero-order chi connectivity index (χ0) is 11.7. The third-order valence-corrected chi connectivity index (χ3v) is 4.20. The van der Waals surface area contributed by atoms with Gasteiger partial charge in [0, 0.05) is 0 Å². The van der Waals surface area contributed by atoms with E-state index in [2.05, 4.69) is 43.3 Å². The van der Waals surface area contributed by atoms with Crippen molar-refractivity contribution in [2.75, 3.05) is 0 Å². The third kappa shape index (κ3) is 2.45. The van der Waals surface area contributed by atoms with E-state index in [1.165, 1.54) is 48.4 Å². The summed E-state index contributed by atoms with van der Waals surface area (Å²) < 4.78 is 0. The Balaban J connectivity index is 0.00000120. The highest BCUT2D eigenvalue weighted by molar-refractivity contribution is 6.92. The largest absolute Gasteiger partial charge is 0.153 e. The van der Waals surface area contributed by atoms with Crippen molar-refractivity contribution in [3.05, 3.63) is 47.5 Å². The zero-order valence-electron chi connectivity index (χ0n) is 11.3. The first-order chi connectivity index (χ1) is 8.36. The predicted octanol–water partition coefficient (Wildman–Crippen LogP) is 5.25. The van der Waals surface area contributed by atoms with Crippen molar-refractivity contribution in [1.82, 2.24) is 0 Å². The highest BCUT2D eigenvalue weighted by Gasteiger charge is 2.19. The van der Waals surface area contributed by atoms with Crippen LogP contribution in [-0.4, -0.2) is 0 Å². The average Bonchev–Trinajstić information content (AvgIpc) is 2.39. The summed E-state index contributed by atoms with van der Waals surface area (Å²) in [5.41, 5.74) is 3.11. The van der Waals surface area contributed by atoms with Crippen molar-refractivity contribution in [2.45, 2.75) is 44.9 Å². The molecule has 0 nitrogen and oxygen atoms in total. The van der Waals surface area contributed by atoms with Crippen molar-refractivity contribution >= 4 is 20.7 Å². The Kier molecular flexibility index (Phi) is 4.40. The van der Waals surface area contributed by atoms with Crippen LogP contribution >= 0.6 is 9.90 Å². The van der Waals surface area contributed by atoms with Crippen LogP contribution in [0.1, 0.15) is 49.1 Å².